The molecule has 0 saturated heterocycles. The van der Waals surface area contributed by atoms with E-state index in [1.807, 2.05) is 0 Å². The van der Waals surface area contributed by atoms with Crippen molar-refractivity contribution in [1.82, 2.24) is 9.55 Å². The second-order valence-electron chi connectivity index (χ2n) is 6.16. The van der Waals surface area contributed by atoms with Crippen molar-refractivity contribution in [2.45, 2.75) is 25.5 Å². The van der Waals surface area contributed by atoms with Gasteiger partial charge in [0, 0.05) is 5.69 Å². The Balaban J connectivity index is 1.48. The van der Waals surface area contributed by atoms with Gasteiger partial charge in [0.15, 0.2) is 5.82 Å². The number of fused-ring (bicyclic) bond motifs is 2. The Bertz CT molecular complexity index is 1030. The quantitative estimate of drug-likeness (QED) is 0.696. The highest BCUT2D eigenvalue weighted by Gasteiger charge is 2.32. The molecule has 1 amide bonds. The minimum absolute atomic E-state index is 0.0455. The van der Waals surface area contributed by atoms with E-state index in [1.165, 1.54) is 6.07 Å². The maximum Gasteiger partial charge on any atom is 0.320 e. The maximum absolute atomic E-state index is 13.4. The Morgan fingerprint density at radius 3 is 2.74 bits per heavy atom. The molecular weight excluding hydrogens is 356 g/mol. The third kappa shape index (κ3) is 3.14. The number of para-hydroxylation sites is 3. The molecule has 0 fully saturated rings. The first-order valence-electron chi connectivity index (χ1n) is 8.34. The van der Waals surface area contributed by atoms with Gasteiger partial charge in [-0.25, -0.2) is 4.98 Å². The van der Waals surface area contributed by atoms with E-state index in [4.69, 9.17) is 4.74 Å². The molecule has 138 valence electrons. The highest BCUT2D eigenvalue weighted by atomic mass is 19.3. The molecule has 1 aromatic heterocycles. The fourth-order valence-corrected chi connectivity index (χ4v) is 3.26. The number of aromatic nitrogens is 2. The minimum Gasteiger partial charge on any atom is -0.457 e. The van der Waals surface area contributed by atoms with Crippen LogP contribution in [0.2, 0.25) is 0 Å². The molecule has 1 aliphatic rings. The SMILES string of the molecule is O=C(CC1C(=O)Nc2ccccc21)OCc1nc2ccccc2n1C(F)F. The van der Waals surface area contributed by atoms with Crippen molar-refractivity contribution in [3.63, 3.8) is 0 Å². The van der Waals surface area contributed by atoms with Gasteiger partial charge in [0.25, 0.3) is 0 Å². The molecule has 1 N–H and O–H groups in total. The molecule has 8 heteroatoms. The van der Waals surface area contributed by atoms with E-state index in [2.05, 4.69) is 10.3 Å². The number of hydrogen-bond acceptors (Lipinski definition) is 4. The normalized spacial score (nSPS) is 15.8. The van der Waals surface area contributed by atoms with Gasteiger partial charge in [0.1, 0.15) is 6.61 Å². The van der Waals surface area contributed by atoms with Gasteiger partial charge in [0.2, 0.25) is 5.91 Å². The maximum atomic E-state index is 13.4. The summed E-state index contributed by atoms with van der Waals surface area (Å²) in [6, 6.07) is 13.5. The number of carbonyl (C=O) groups excluding carboxylic acids is 2. The van der Waals surface area contributed by atoms with Gasteiger partial charge in [-0.15, -0.1) is 0 Å². The second kappa shape index (κ2) is 6.79. The summed E-state index contributed by atoms with van der Waals surface area (Å²) in [5.74, 6) is -1.63. The van der Waals surface area contributed by atoms with Crippen LogP contribution in [0, 0.1) is 0 Å². The highest BCUT2D eigenvalue weighted by molar-refractivity contribution is 6.04. The van der Waals surface area contributed by atoms with Crippen LogP contribution >= 0.6 is 0 Å². The number of benzene rings is 2. The fourth-order valence-electron chi connectivity index (χ4n) is 3.26. The van der Waals surface area contributed by atoms with Crippen LogP contribution in [0.5, 0.6) is 0 Å². The van der Waals surface area contributed by atoms with Crippen molar-refractivity contribution in [2.24, 2.45) is 0 Å². The number of nitrogens with zero attached hydrogens (tertiary/aromatic N) is 2. The third-order valence-corrected chi connectivity index (χ3v) is 4.51. The lowest BCUT2D eigenvalue weighted by Gasteiger charge is -2.10. The predicted octanol–water partition coefficient (Wildman–Crippen LogP) is 3.60. The van der Waals surface area contributed by atoms with Crippen LogP contribution in [0.1, 0.15) is 30.3 Å². The van der Waals surface area contributed by atoms with Gasteiger partial charge in [0.05, 0.1) is 23.4 Å². The zero-order valence-corrected chi connectivity index (χ0v) is 14.1. The van der Waals surface area contributed by atoms with E-state index >= 15 is 0 Å². The summed E-state index contributed by atoms with van der Waals surface area (Å²) in [5, 5.41) is 2.71. The zero-order chi connectivity index (χ0) is 19.0. The number of hydrogen-bond donors (Lipinski definition) is 1. The van der Waals surface area contributed by atoms with Crippen LogP contribution in [-0.2, 0) is 20.9 Å². The Labute approximate surface area is 152 Å². The second-order valence-corrected chi connectivity index (χ2v) is 6.16. The van der Waals surface area contributed by atoms with E-state index in [-0.39, 0.29) is 23.7 Å². The summed E-state index contributed by atoms with van der Waals surface area (Å²) in [5.41, 5.74) is 2.05. The van der Waals surface area contributed by atoms with E-state index in [9.17, 15) is 18.4 Å². The Morgan fingerprint density at radius 2 is 1.93 bits per heavy atom. The summed E-state index contributed by atoms with van der Waals surface area (Å²) >= 11 is 0. The van der Waals surface area contributed by atoms with Crippen LogP contribution in [-0.4, -0.2) is 21.4 Å². The predicted molar refractivity (Wildman–Crippen MR) is 93.2 cm³/mol. The van der Waals surface area contributed by atoms with Crippen molar-refractivity contribution >= 4 is 28.6 Å². The van der Waals surface area contributed by atoms with Crippen molar-refractivity contribution in [2.75, 3.05) is 5.32 Å². The van der Waals surface area contributed by atoms with E-state index < -0.39 is 25.0 Å². The fraction of sp³-hybridized carbons (Fsp3) is 0.211. The molecule has 6 nitrogen and oxygen atoms in total. The van der Waals surface area contributed by atoms with Crippen molar-refractivity contribution in [3.8, 4) is 0 Å². The van der Waals surface area contributed by atoms with Crippen molar-refractivity contribution in [1.29, 1.82) is 0 Å². The standard InChI is InChI=1S/C19H15F2N3O3/c20-19(21)24-15-8-4-3-7-14(15)22-16(24)10-27-17(25)9-12-11-5-1-2-6-13(11)23-18(12)26/h1-8,12,19H,9-10H2,(H,23,26). The number of nitrogens with one attached hydrogen (secondary N) is 1. The van der Waals surface area contributed by atoms with Crippen LogP contribution in [0.25, 0.3) is 11.0 Å². The van der Waals surface area contributed by atoms with E-state index in [0.717, 1.165) is 10.1 Å². The number of rotatable bonds is 5. The highest BCUT2D eigenvalue weighted by Crippen LogP contribution is 2.34. The molecule has 2 heterocycles. The number of alkyl halides is 2. The van der Waals surface area contributed by atoms with Gasteiger partial charge in [-0.05, 0) is 23.8 Å². The van der Waals surface area contributed by atoms with E-state index in [1.54, 1.807) is 42.5 Å². The molecule has 2 aromatic carbocycles. The Kier molecular flexibility index (Phi) is 4.31. The molecule has 1 aliphatic heterocycles. The molecule has 3 aromatic rings. The van der Waals surface area contributed by atoms with Crippen LogP contribution in [0.4, 0.5) is 14.5 Å². The number of ether oxygens (including phenoxy) is 1. The smallest absolute Gasteiger partial charge is 0.320 e. The lowest BCUT2D eigenvalue weighted by atomic mass is 9.97. The summed E-state index contributed by atoms with van der Waals surface area (Å²) in [4.78, 5) is 28.4. The monoisotopic (exact) mass is 371 g/mol. The average Bonchev–Trinajstić information content (AvgIpc) is 3.17. The summed E-state index contributed by atoms with van der Waals surface area (Å²) < 4.78 is 32.7. The Morgan fingerprint density at radius 1 is 1.19 bits per heavy atom. The van der Waals surface area contributed by atoms with E-state index in [0.29, 0.717) is 11.2 Å². The van der Waals surface area contributed by atoms with Crippen LogP contribution in [0.3, 0.4) is 0 Å². The number of esters is 1. The minimum atomic E-state index is -2.81. The molecular formula is C19H15F2N3O3. The largest absolute Gasteiger partial charge is 0.457 e. The molecule has 27 heavy (non-hydrogen) atoms. The average molecular weight is 371 g/mol. The molecule has 1 unspecified atom stereocenters. The molecule has 0 spiro atoms. The molecule has 0 saturated carbocycles. The molecule has 1 atom stereocenters. The van der Waals surface area contributed by atoms with Crippen molar-refractivity contribution < 1.29 is 23.1 Å². The first-order chi connectivity index (χ1) is 13.0. The topological polar surface area (TPSA) is 73.2 Å². The lowest BCUT2D eigenvalue weighted by Crippen LogP contribution is -2.18. The van der Waals surface area contributed by atoms with Crippen molar-refractivity contribution in [3.05, 3.63) is 59.9 Å². The molecule has 4 rings (SSSR count). The summed E-state index contributed by atoms with van der Waals surface area (Å²) in [7, 11) is 0. The van der Waals surface area contributed by atoms with Crippen LogP contribution < -0.4 is 5.32 Å². The first-order valence-corrected chi connectivity index (χ1v) is 8.34. The van der Waals surface area contributed by atoms with Gasteiger partial charge >= 0.3 is 12.5 Å². The summed E-state index contributed by atoms with van der Waals surface area (Å²) in [6.07, 6.45) is -0.169. The number of carbonyl (C=O) groups is 2. The number of imidazole rings is 1. The zero-order valence-electron chi connectivity index (χ0n) is 14.1. The van der Waals surface area contributed by atoms with Gasteiger partial charge in [-0.3, -0.25) is 14.2 Å². The van der Waals surface area contributed by atoms with Gasteiger partial charge in [-0.2, -0.15) is 8.78 Å². The first kappa shape index (κ1) is 17.1. The molecule has 0 bridgehead atoms. The number of anilines is 1. The molecule has 0 aliphatic carbocycles. The third-order valence-electron chi connectivity index (χ3n) is 4.51. The van der Waals surface area contributed by atoms with Gasteiger partial charge in [-0.1, -0.05) is 30.3 Å². The summed E-state index contributed by atoms with van der Waals surface area (Å²) in [6.45, 7) is -3.20. The molecule has 0 radical (unpaired) electrons. The van der Waals surface area contributed by atoms with Gasteiger partial charge < -0.3 is 10.1 Å². The van der Waals surface area contributed by atoms with Crippen LogP contribution in [0.15, 0.2) is 48.5 Å². The number of amides is 1. The number of halogens is 2. The lowest BCUT2D eigenvalue weighted by molar-refractivity contribution is -0.146. The Hall–Kier alpha value is -3.29.